The number of hydrogen-bond donors (Lipinski definition) is 0. The first-order chi connectivity index (χ1) is 19.4. The number of rotatable bonds is 9. The SMILES string of the molecule is CCCCC(CC)CN1C(=O)C(=Cc2c(N3CCN(c4ccccc4F)CC3)nc3ccccn3c2=O)SC1=S. The Morgan fingerprint density at radius 3 is 2.50 bits per heavy atom. The number of anilines is 2. The van der Waals surface area contributed by atoms with E-state index in [1.165, 1.54) is 22.2 Å². The molecule has 2 fully saturated rings. The molecule has 1 atom stereocenters. The highest BCUT2D eigenvalue weighted by molar-refractivity contribution is 8.26. The Bertz CT molecular complexity index is 1500. The third-order valence-corrected chi connectivity index (χ3v) is 9.03. The normalized spacial score (nSPS) is 17.9. The maximum Gasteiger partial charge on any atom is 0.267 e. The molecule has 3 aromatic rings. The summed E-state index contributed by atoms with van der Waals surface area (Å²) in [6.45, 7) is 7.18. The monoisotopic (exact) mass is 579 g/mol. The van der Waals surface area contributed by atoms with Crippen molar-refractivity contribution in [1.82, 2.24) is 14.3 Å². The Hall–Kier alpha value is -3.24. The molecule has 10 heteroatoms. The number of carbonyl (C=O) groups is 1. The topological polar surface area (TPSA) is 61.2 Å². The molecule has 0 spiro atoms. The van der Waals surface area contributed by atoms with E-state index < -0.39 is 0 Å². The molecule has 0 bridgehead atoms. The second kappa shape index (κ2) is 12.5. The van der Waals surface area contributed by atoms with Gasteiger partial charge in [0, 0.05) is 38.9 Å². The third-order valence-electron chi connectivity index (χ3n) is 7.65. The summed E-state index contributed by atoms with van der Waals surface area (Å²) in [6.07, 6.45) is 7.63. The lowest BCUT2D eigenvalue weighted by atomic mass is 9.99. The quantitative estimate of drug-likeness (QED) is 0.242. The molecule has 0 aliphatic carbocycles. The van der Waals surface area contributed by atoms with Crippen molar-refractivity contribution in [2.24, 2.45) is 5.92 Å². The summed E-state index contributed by atoms with van der Waals surface area (Å²) in [4.78, 5) is 38.3. The fourth-order valence-electron chi connectivity index (χ4n) is 5.29. The Morgan fingerprint density at radius 2 is 1.77 bits per heavy atom. The van der Waals surface area contributed by atoms with Crippen molar-refractivity contribution in [1.29, 1.82) is 0 Å². The third kappa shape index (κ3) is 5.78. The van der Waals surface area contributed by atoms with Gasteiger partial charge in [-0.25, -0.2) is 9.37 Å². The molecule has 1 amide bonds. The molecule has 5 rings (SSSR count). The van der Waals surface area contributed by atoms with E-state index in [2.05, 4.69) is 18.7 Å². The number of hydrogen-bond acceptors (Lipinski definition) is 7. The maximum atomic E-state index is 14.4. The molecule has 1 aromatic carbocycles. The van der Waals surface area contributed by atoms with Crippen molar-refractivity contribution in [3.63, 3.8) is 0 Å². The van der Waals surface area contributed by atoms with Crippen LogP contribution in [0.3, 0.4) is 0 Å². The van der Waals surface area contributed by atoms with Crippen molar-refractivity contribution in [3.8, 4) is 0 Å². The molecule has 0 N–H and O–H groups in total. The van der Waals surface area contributed by atoms with E-state index in [1.807, 2.05) is 17.0 Å². The molecule has 2 aromatic heterocycles. The van der Waals surface area contributed by atoms with Gasteiger partial charge in [-0.1, -0.05) is 75.3 Å². The van der Waals surface area contributed by atoms with Gasteiger partial charge in [0.1, 0.15) is 21.6 Å². The van der Waals surface area contributed by atoms with Gasteiger partial charge in [-0.05, 0) is 42.7 Å². The second-order valence-corrected chi connectivity index (χ2v) is 11.9. The van der Waals surface area contributed by atoms with E-state index in [0.717, 1.165) is 25.7 Å². The highest BCUT2D eigenvalue weighted by Gasteiger charge is 2.34. The zero-order valence-electron chi connectivity index (χ0n) is 22.9. The van der Waals surface area contributed by atoms with Crippen LogP contribution in [0, 0.1) is 11.7 Å². The standard InChI is InChI=1S/C30H34FN5O2S2/c1-3-5-10-21(4-2)20-36-29(38)25(40-30(36)39)19-22-27(32-26-13-8-9-14-35(26)28(22)37)34-17-15-33(16-18-34)24-12-7-6-11-23(24)31/h6-9,11-14,19,21H,3-5,10,15-18,20H2,1-2H3. The minimum atomic E-state index is -0.249. The number of halogens is 1. The van der Waals surface area contributed by atoms with E-state index >= 15 is 0 Å². The van der Waals surface area contributed by atoms with Crippen molar-refractivity contribution < 1.29 is 9.18 Å². The Kier molecular flexibility index (Phi) is 8.85. The van der Waals surface area contributed by atoms with Crippen molar-refractivity contribution in [2.75, 3.05) is 42.5 Å². The lowest BCUT2D eigenvalue weighted by Gasteiger charge is -2.37. The van der Waals surface area contributed by atoms with E-state index in [0.29, 0.717) is 70.6 Å². The van der Waals surface area contributed by atoms with Crippen LogP contribution in [0.5, 0.6) is 0 Å². The smallest absolute Gasteiger partial charge is 0.267 e. The molecule has 2 saturated heterocycles. The molecule has 210 valence electrons. The predicted molar refractivity (Wildman–Crippen MR) is 165 cm³/mol. The molecule has 2 aliphatic heterocycles. The largest absolute Gasteiger partial charge is 0.366 e. The summed E-state index contributed by atoms with van der Waals surface area (Å²) < 4.78 is 16.4. The molecular weight excluding hydrogens is 545 g/mol. The average Bonchev–Trinajstić information content (AvgIpc) is 3.24. The minimum absolute atomic E-state index is 0.155. The number of fused-ring (bicyclic) bond motifs is 1. The van der Waals surface area contributed by atoms with E-state index in [1.54, 1.807) is 41.4 Å². The zero-order chi connectivity index (χ0) is 28.2. The van der Waals surface area contributed by atoms with Gasteiger partial charge < -0.3 is 9.80 Å². The summed E-state index contributed by atoms with van der Waals surface area (Å²) in [5, 5.41) is 0. The number of thiocarbonyl (C=S) groups is 1. The van der Waals surface area contributed by atoms with E-state index in [-0.39, 0.29) is 17.3 Å². The van der Waals surface area contributed by atoms with Gasteiger partial charge in [-0.2, -0.15) is 0 Å². The van der Waals surface area contributed by atoms with Crippen LogP contribution in [0.25, 0.3) is 11.7 Å². The molecule has 7 nitrogen and oxygen atoms in total. The number of thioether (sulfide) groups is 1. The van der Waals surface area contributed by atoms with E-state index in [4.69, 9.17) is 17.2 Å². The van der Waals surface area contributed by atoms with Crippen LogP contribution in [0.1, 0.15) is 45.1 Å². The molecule has 1 unspecified atom stereocenters. The highest BCUT2D eigenvalue weighted by Crippen LogP contribution is 2.35. The van der Waals surface area contributed by atoms with Crippen LogP contribution in [0.2, 0.25) is 0 Å². The summed E-state index contributed by atoms with van der Waals surface area (Å²) in [7, 11) is 0. The number of aromatic nitrogens is 2. The van der Waals surface area contributed by atoms with Gasteiger partial charge in [0.05, 0.1) is 16.2 Å². The number of carbonyl (C=O) groups excluding carboxylic acids is 1. The van der Waals surface area contributed by atoms with Crippen LogP contribution < -0.4 is 15.4 Å². The van der Waals surface area contributed by atoms with Gasteiger partial charge >= 0.3 is 0 Å². The van der Waals surface area contributed by atoms with Crippen molar-refractivity contribution >= 4 is 57.4 Å². The molecule has 2 aliphatic rings. The second-order valence-electron chi connectivity index (χ2n) is 10.2. The van der Waals surface area contributed by atoms with E-state index in [9.17, 15) is 14.0 Å². The number of amides is 1. The van der Waals surface area contributed by atoms with Gasteiger partial charge in [-0.15, -0.1) is 0 Å². The Morgan fingerprint density at radius 1 is 1.05 bits per heavy atom. The number of unbranched alkanes of at least 4 members (excludes halogenated alkanes) is 1. The van der Waals surface area contributed by atoms with Gasteiger partial charge in [0.25, 0.3) is 11.5 Å². The number of piperazine rings is 1. The Labute approximate surface area is 243 Å². The molecule has 0 saturated carbocycles. The number of benzene rings is 1. The number of pyridine rings is 1. The summed E-state index contributed by atoms with van der Waals surface area (Å²) in [5.74, 6) is 0.513. The highest BCUT2D eigenvalue weighted by atomic mass is 32.2. The first-order valence-corrected chi connectivity index (χ1v) is 15.1. The fourth-order valence-corrected chi connectivity index (χ4v) is 6.55. The first-order valence-electron chi connectivity index (χ1n) is 13.9. The van der Waals surface area contributed by atoms with Crippen LogP contribution >= 0.6 is 24.0 Å². The lowest BCUT2D eigenvalue weighted by molar-refractivity contribution is -0.122. The minimum Gasteiger partial charge on any atom is -0.366 e. The van der Waals surface area contributed by atoms with Crippen LogP contribution in [0.4, 0.5) is 15.9 Å². The summed E-state index contributed by atoms with van der Waals surface area (Å²) in [5.41, 5.74) is 1.23. The average molecular weight is 580 g/mol. The van der Waals surface area contributed by atoms with Gasteiger partial charge in [0.15, 0.2) is 0 Å². The number of nitrogens with zero attached hydrogens (tertiary/aromatic N) is 5. The van der Waals surface area contributed by atoms with Crippen molar-refractivity contribution in [2.45, 2.75) is 39.5 Å². The predicted octanol–water partition coefficient (Wildman–Crippen LogP) is 5.58. The lowest BCUT2D eigenvalue weighted by Crippen LogP contribution is -2.47. The molecule has 40 heavy (non-hydrogen) atoms. The van der Waals surface area contributed by atoms with Gasteiger partial charge in [0.2, 0.25) is 0 Å². The molecule has 0 radical (unpaired) electrons. The summed E-state index contributed by atoms with van der Waals surface area (Å²) in [6, 6.07) is 12.2. The van der Waals surface area contributed by atoms with Crippen LogP contribution in [-0.4, -0.2) is 57.2 Å². The molecule has 4 heterocycles. The fraction of sp³-hybridized carbons (Fsp3) is 0.400. The number of para-hydroxylation sites is 1. The van der Waals surface area contributed by atoms with Crippen LogP contribution in [0.15, 0.2) is 58.4 Å². The maximum absolute atomic E-state index is 14.4. The first kappa shape index (κ1) is 28.3. The summed E-state index contributed by atoms with van der Waals surface area (Å²) >= 11 is 6.86. The molecular formula is C30H34FN5O2S2. The Balaban J connectivity index is 1.46. The van der Waals surface area contributed by atoms with Gasteiger partial charge in [-0.3, -0.25) is 18.9 Å². The zero-order valence-corrected chi connectivity index (χ0v) is 24.5. The van der Waals surface area contributed by atoms with Crippen LogP contribution in [-0.2, 0) is 4.79 Å². The van der Waals surface area contributed by atoms with Crippen molar-refractivity contribution in [3.05, 3.63) is 75.3 Å².